The molecule has 0 saturated heterocycles. The van der Waals surface area contributed by atoms with Gasteiger partial charge in [0.2, 0.25) is 0 Å². The zero-order chi connectivity index (χ0) is 13.3. The van der Waals surface area contributed by atoms with Gasteiger partial charge in [0.15, 0.2) is 0 Å². The number of benzene rings is 1. The van der Waals surface area contributed by atoms with Crippen LogP contribution in [0.2, 0.25) is 0 Å². The minimum absolute atomic E-state index is 0.259. The van der Waals surface area contributed by atoms with Crippen LogP contribution in [0.25, 0.3) is 0 Å². The fraction of sp³-hybridized carbons (Fsp3) is 0.600. The third-order valence-electron chi connectivity index (χ3n) is 4.21. The van der Waals surface area contributed by atoms with Gasteiger partial charge in [-0.3, -0.25) is 0 Å². The molecule has 18 heavy (non-hydrogen) atoms. The summed E-state index contributed by atoms with van der Waals surface area (Å²) >= 11 is 3.71. The lowest BCUT2D eigenvalue weighted by atomic mass is 9.79. The molecule has 0 nitrogen and oxygen atoms in total. The Bertz CT molecular complexity index is 429. The smallest absolute Gasteiger partial charge is 0.129 e. The molecule has 1 fully saturated rings. The van der Waals surface area contributed by atoms with Gasteiger partial charge in [-0.15, -0.1) is 0 Å². The van der Waals surface area contributed by atoms with Crippen LogP contribution >= 0.6 is 15.9 Å². The summed E-state index contributed by atoms with van der Waals surface area (Å²) in [5.41, 5.74) is 0.908. The average molecular weight is 317 g/mol. The predicted molar refractivity (Wildman–Crippen MR) is 73.9 cm³/mol. The second kappa shape index (κ2) is 5.28. The number of hydrogen-bond acceptors (Lipinski definition) is 0. The second-order valence-corrected chi connectivity index (χ2v) is 7.12. The minimum Gasteiger partial charge on any atom is -0.207 e. The van der Waals surface area contributed by atoms with E-state index < -0.39 is 11.6 Å². The minimum atomic E-state index is -0.511. The molecule has 0 aliphatic heterocycles. The van der Waals surface area contributed by atoms with Crippen molar-refractivity contribution in [1.29, 1.82) is 0 Å². The van der Waals surface area contributed by atoms with Crippen LogP contribution < -0.4 is 0 Å². The molecule has 1 aliphatic carbocycles. The third kappa shape index (κ3) is 2.93. The van der Waals surface area contributed by atoms with E-state index in [-0.39, 0.29) is 4.83 Å². The van der Waals surface area contributed by atoms with Crippen LogP contribution in [0, 0.1) is 23.0 Å². The Balaban J connectivity index is 2.09. The monoisotopic (exact) mass is 316 g/mol. The normalized spacial score (nSPS) is 24.2. The Kier molecular flexibility index (Phi) is 4.10. The van der Waals surface area contributed by atoms with Gasteiger partial charge < -0.3 is 0 Å². The quantitative estimate of drug-likeness (QED) is 0.681. The lowest BCUT2D eigenvalue weighted by molar-refractivity contribution is 0.254. The Morgan fingerprint density at radius 1 is 1.39 bits per heavy atom. The third-order valence-corrected chi connectivity index (χ3v) is 5.17. The molecule has 2 atom stereocenters. The Hall–Kier alpha value is -0.440. The van der Waals surface area contributed by atoms with Crippen molar-refractivity contribution in [2.24, 2.45) is 11.3 Å². The highest BCUT2D eigenvalue weighted by molar-refractivity contribution is 9.09. The van der Waals surface area contributed by atoms with Crippen LogP contribution in [0.3, 0.4) is 0 Å². The molecule has 0 N–H and O–H groups in total. The lowest BCUT2D eigenvalue weighted by Crippen LogP contribution is -2.27. The molecule has 0 bridgehead atoms. The highest BCUT2D eigenvalue weighted by Gasteiger charge is 2.38. The van der Waals surface area contributed by atoms with E-state index in [1.807, 2.05) is 0 Å². The maximum atomic E-state index is 13.6. The van der Waals surface area contributed by atoms with E-state index in [1.165, 1.54) is 25.3 Å². The maximum absolute atomic E-state index is 13.6. The molecular formula is C15H19BrF2. The van der Waals surface area contributed by atoms with Crippen LogP contribution in [0.15, 0.2) is 18.2 Å². The molecule has 3 heteroatoms. The first-order chi connectivity index (χ1) is 8.40. The van der Waals surface area contributed by atoms with Gasteiger partial charge in [-0.25, -0.2) is 8.78 Å². The fourth-order valence-electron chi connectivity index (χ4n) is 3.06. The van der Waals surface area contributed by atoms with Crippen molar-refractivity contribution in [3.63, 3.8) is 0 Å². The molecule has 2 rings (SSSR count). The van der Waals surface area contributed by atoms with E-state index >= 15 is 0 Å². The van der Waals surface area contributed by atoms with Crippen molar-refractivity contribution in [3.8, 4) is 0 Å². The average Bonchev–Trinajstić information content (AvgIpc) is 2.62. The van der Waals surface area contributed by atoms with Gasteiger partial charge in [0, 0.05) is 10.9 Å². The van der Waals surface area contributed by atoms with Crippen molar-refractivity contribution >= 4 is 15.9 Å². The Labute approximate surface area is 116 Å². The molecule has 1 saturated carbocycles. The summed E-state index contributed by atoms with van der Waals surface area (Å²) in [6.45, 7) is 4.56. The van der Waals surface area contributed by atoms with Crippen LogP contribution in [-0.4, -0.2) is 4.83 Å². The van der Waals surface area contributed by atoms with Crippen LogP contribution in [0.5, 0.6) is 0 Å². The molecule has 0 aromatic heterocycles. The van der Waals surface area contributed by atoms with E-state index in [0.717, 1.165) is 6.07 Å². The molecule has 0 heterocycles. The first-order valence-corrected chi connectivity index (χ1v) is 7.40. The van der Waals surface area contributed by atoms with Crippen LogP contribution in [0.4, 0.5) is 8.78 Å². The van der Waals surface area contributed by atoms with Gasteiger partial charge in [0.1, 0.15) is 11.6 Å². The SMILES string of the molecule is CC1(C)CCCC1C(Br)Cc1ccc(F)cc1F. The summed E-state index contributed by atoms with van der Waals surface area (Å²) in [7, 11) is 0. The topological polar surface area (TPSA) is 0 Å². The summed E-state index contributed by atoms with van der Waals surface area (Å²) in [4.78, 5) is 0.259. The number of halogens is 3. The van der Waals surface area contributed by atoms with E-state index in [9.17, 15) is 8.78 Å². The predicted octanol–water partition coefficient (Wildman–Crippen LogP) is 5.10. The second-order valence-electron chi connectivity index (χ2n) is 5.94. The zero-order valence-electron chi connectivity index (χ0n) is 10.8. The van der Waals surface area contributed by atoms with Crippen LogP contribution in [0.1, 0.15) is 38.7 Å². The van der Waals surface area contributed by atoms with Crippen molar-refractivity contribution in [3.05, 3.63) is 35.4 Å². The molecule has 0 spiro atoms. The van der Waals surface area contributed by atoms with E-state index in [2.05, 4.69) is 29.8 Å². The Morgan fingerprint density at radius 3 is 2.67 bits per heavy atom. The van der Waals surface area contributed by atoms with Crippen LogP contribution in [-0.2, 0) is 6.42 Å². The molecule has 1 aromatic rings. The van der Waals surface area contributed by atoms with Gasteiger partial charge in [-0.2, -0.15) is 0 Å². The molecule has 100 valence electrons. The molecule has 0 radical (unpaired) electrons. The van der Waals surface area contributed by atoms with E-state index in [0.29, 0.717) is 23.3 Å². The van der Waals surface area contributed by atoms with E-state index in [1.54, 1.807) is 6.07 Å². The highest BCUT2D eigenvalue weighted by atomic mass is 79.9. The fourth-order valence-corrected chi connectivity index (χ4v) is 4.39. The standard InChI is InChI=1S/C15H19BrF2/c1-15(2)7-3-4-12(15)13(16)8-10-5-6-11(17)9-14(10)18/h5-6,9,12-13H,3-4,7-8H2,1-2H3. The molecule has 2 unspecified atom stereocenters. The van der Waals surface area contributed by atoms with Gasteiger partial charge in [0.05, 0.1) is 0 Å². The molecular weight excluding hydrogens is 298 g/mol. The summed E-state index contributed by atoms with van der Waals surface area (Å²) in [5.74, 6) is -0.388. The Morgan fingerprint density at radius 2 is 2.11 bits per heavy atom. The number of alkyl halides is 1. The summed E-state index contributed by atoms with van der Waals surface area (Å²) in [5, 5.41) is 0. The highest BCUT2D eigenvalue weighted by Crippen LogP contribution is 2.47. The first kappa shape index (κ1) is 14.0. The number of hydrogen-bond donors (Lipinski definition) is 0. The van der Waals surface area contributed by atoms with Gasteiger partial charge in [-0.05, 0) is 42.2 Å². The number of rotatable bonds is 3. The summed E-state index contributed by atoms with van der Waals surface area (Å²) in [6, 6.07) is 3.85. The van der Waals surface area contributed by atoms with Crippen molar-refractivity contribution < 1.29 is 8.78 Å². The van der Waals surface area contributed by atoms with Crippen molar-refractivity contribution in [2.45, 2.75) is 44.4 Å². The molecule has 0 amide bonds. The van der Waals surface area contributed by atoms with Crippen molar-refractivity contribution in [1.82, 2.24) is 0 Å². The first-order valence-electron chi connectivity index (χ1n) is 6.48. The maximum Gasteiger partial charge on any atom is 0.129 e. The van der Waals surface area contributed by atoms with E-state index in [4.69, 9.17) is 0 Å². The molecule has 1 aromatic carbocycles. The lowest BCUT2D eigenvalue weighted by Gasteiger charge is -2.31. The van der Waals surface area contributed by atoms with Gasteiger partial charge >= 0.3 is 0 Å². The zero-order valence-corrected chi connectivity index (χ0v) is 12.4. The largest absolute Gasteiger partial charge is 0.207 e. The van der Waals surface area contributed by atoms with Gasteiger partial charge in [-0.1, -0.05) is 42.3 Å². The summed E-state index contributed by atoms with van der Waals surface area (Å²) < 4.78 is 26.5. The van der Waals surface area contributed by atoms with Gasteiger partial charge in [0.25, 0.3) is 0 Å². The molecule has 1 aliphatic rings. The summed E-state index contributed by atoms with van der Waals surface area (Å²) in [6.07, 6.45) is 4.28. The van der Waals surface area contributed by atoms with Crippen molar-refractivity contribution in [2.75, 3.05) is 0 Å².